The first-order valence-electron chi connectivity index (χ1n) is 11.1. The zero-order valence-electron chi connectivity index (χ0n) is 19.6. The van der Waals surface area contributed by atoms with Crippen LogP contribution in [0, 0.1) is 17.3 Å². The van der Waals surface area contributed by atoms with Crippen LogP contribution in [0.1, 0.15) is 92.9 Å². The zero-order chi connectivity index (χ0) is 22.1. The molecule has 0 aromatic carbocycles. The van der Waals surface area contributed by atoms with E-state index < -0.39 is 17.2 Å². The van der Waals surface area contributed by atoms with Crippen LogP contribution in [0.2, 0.25) is 0 Å². The predicted octanol–water partition coefficient (Wildman–Crippen LogP) is 6.95. The Hall–Kier alpha value is 0.620. The molecule has 0 atom stereocenters. The van der Waals surface area contributed by atoms with E-state index in [1.54, 1.807) is 0 Å². The molecule has 176 valence electrons. The molecular formula is C21H46O6P2. The molecule has 0 radical (unpaired) electrons. The fourth-order valence-electron chi connectivity index (χ4n) is 2.55. The molecule has 0 bridgehead atoms. The van der Waals surface area contributed by atoms with E-state index in [1.807, 2.05) is 13.8 Å². The molecule has 0 aromatic rings. The SMILES string of the molecule is CC(C)CCCCCOP(OCCCCCC(C)C)OCC(C)(C)COP(O)O. The molecule has 0 unspecified atom stereocenters. The van der Waals surface area contributed by atoms with Crippen LogP contribution >= 0.6 is 17.2 Å². The van der Waals surface area contributed by atoms with Gasteiger partial charge in [0.05, 0.1) is 26.4 Å². The average molecular weight is 457 g/mol. The van der Waals surface area contributed by atoms with Gasteiger partial charge in [0.1, 0.15) is 0 Å². The van der Waals surface area contributed by atoms with Crippen molar-refractivity contribution in [3.63, 3.8) is 0 Å². The Bertz CT molecular complexity index is 347. The third-order valence-electron chi connectivity index (χ3n) is 4.38. The summed E-state index contributed by atoms with van der Waals surface area (Å²) in [5, 5.41) is 0. The lowest BCUT2D eigenvalue weighted by molar-refractivity contribution is 0.0768. The minimum Gasteiger partial charge on any atom is -0.328 e. The lowest BCUT2D eigenvalue weighted by atomic mass is 9.97. The Morgan fingerprint density at radius 2 is 1.10 bits per heavy atom. The molecule has 0 saturated heterocycles. The Kier molecular flexibility index (Phi) is 18.6. The third-order valence-corrected chi connectivity index (χ3v) is 5.86. The zero-order valence-corrected chi connectivity index (χ0v) is 21.4. The van der Waals surface area contributed by atoms with E-state index in [1.165, 1.54) is 25.7 Å². The van der Waals surface area contributed by atoms with Crippen molar-refractivity contribution in [3.8, 4) is 0 Å². The molecule has 0 aliphatic heterocycles. The number of hydrogen-bond acceptors (Lipinski definition) is 6. The van der Waals surface area contributed by atoms with Crippen LogP contribution in [-0.2, 0) is 18.1 Å². The first-order chi connectivity index (χ1) is 13.6. The maximum atomic E-state index is 8.95. The fourth-order valence-corrected chi connectivity index (χ4v) is 4.25. The van der Waals surface area contributed by atoms with Gasteiger partial charge < -0.3 is 27.9 Å². The van der Waals surface area contributed by atoms with E-state index in [9.17, 15) is 0 Å². The van der Waals surface area contributed by atoms with Gasteiger partial charge in [0.15, 0.2) is 0 Å². The van der Waals surface area contributed by atoms with E-state index in [0.717, 1.165) is 37.5 Å². The normalized spacial score (nSPS) is 12.8. The number of unbranched alkanes of at least 4 members (excludes halogenated alkanes) is 4. The monoisotopic (exact) mass is 456 g/mol. The summed E-state index contributed by atoms with van der Waals surface area (Å²) in [5.74, 6) is 1.50. The van der Waals surface area contributed by atoms with Crippen LogP contribution in [0.4, 0.5) is 0 Å². The van der Waals surface area contributed by atoms with Gasteiger partial charge in [-0.25, -0.2) is 0 Å². The smallest absolute Gasteiger partial charge is 0.328 e. The van der Waals surface area contributed by atoms with Crippen molar-refractivity contribution < 1.29 is 27.9 Å². The maximum absolute atomic E-state index is 8.95. The van der Waals surface area contributed by atoms with Crippen molar-refractivity contribution in [2.45, 2.75) is 92.9 Å². The van der Waals surface area contributed by atoms with Gasteiger partial charge in [-0.1, -0.05) is 80.1 Å². The molecule has 8 heteroatoms. The highest BCUT2D eigenvalue weighted by molar-refractivity contribution is 7.41. The van der Waals surface area contributed by atoms with E-state index in [-0.39, 0.29) is 12.0 Å². The van der Waals surface area contributed by atoms with Crippen LogP contribution in [-0.4, -0.2) is 36.2 Å². The molecule has 0 saturated carbocycles. The van der Waals surface area contributed by atoms with Crippen molar-refractivity contribution in [2.75, 3.05) is 26.4 Å². The summed E-state index contributed by atoms with van der Waals surface area (Å²) in [4.78, 5) is 17.9. The Labute approximate surface area is 182 Å². The van der Waals surface area contributed by atoms with Crippen LogP contribution in [0.25, 0.3) is 0 Å². The summed E-state index contributed by atoms with van der Waals surface area (Å²) in [7, 11) is -3.74. The summed E-state index contributed by atoms with van der Waals surface area (Å²) in [6, 6.07) is 0. The largest absolute Gasteiger partial charge is 0.332 e. The molecule has 2 N–H and O–H groups in total. The highest BCUT2D eigenvalue weighted by Crippen LogP contribution is 2.42. The molecule has 0 aromatic heterocycles. The average Bonchev–Trinajstić information content (AvgIpc) is 2.62. The van der Waals surface area contributed by atoms with Gasteiger partial charge in [0, 0.05) is 5.41 Å². The summed E-state index contributed by atoms with van der Waals surface area (Å²) < 4.78 is 22.7. The molecule has 29 heavy (non-hydrogen) atoms. The summed E-state index contributed by atoms with van der Waals surface area (Å²) >= 11 is 0. The lowest BCUT2D eigenvalue weighted by Gasteiger charge is -2.26. The minimum atomic E-state index is -2.34. The van der Waals surface area contributed by atoms with Crippen LogP contribution < -0.4 is 0 Å². The van der Waals surface area contributed by atoms with Crippen LogP contribution in [0.5, 0.6) is 0 Å². The van der Waals surface area contributed by atoms with Gasteiger partial charge >= 0.3 is 17.2 Å². The molecule has 0 rings (SSSR count). The first-order valence-corrected chi connectivity index (χ1v) is 13.4. The molecule has 0 aliphatic rings. The summed E-state index contributed by atoms with van der Waals surface area (Å²) in [6.07, 6.45) is 9.31. The van der Waals surface area contributed by atoms with Crippen LogP contribution in [0.15, 0.2) is 0 Å². The van der Waals surface area contributed by atoms with Crippen molar-refractivity contribution >= 4 is 17.2 Å². The van der Waals surface area contributed by atoms with E-state index in [0.29, 0.717) is 19.8 Å². The van der Waals surface area contributed by atoms with Crippen molar-refractivity contribution in [3.05, 3.63) is 0 Å². The quantitative estimate of drug-likeness (QED) is 0.152. The summed E-state index contributed by atoms with van der Waals surface area (Å²) in [5.41, 5.74) is -0.353. The summed E-state index contributed by atoms with van der Waals surface area (Å²) in [6.45, 7) is 14.8. The second-order valence-electron chi connectivity index (χ2n) is 9.34. The highest BCUT2D eigenvalue weighted by Gasteiger charge is 2.24. The van der Waals surface area contributed by atoms with E-state index in [2.05, 4.69) is 27.7 Å². The molecule has 6 nitrogen and oxygen atoms in total. The first kappa shape index (κ1) is 29.6. The number of rotatable bonds is 20. The van der Waals surface area contributed by atoms with E-state index in [4.69, 9.17) is 27.9 Å². The van der Waals surface area contributed by atoms with Crippen LogP contribution in [0.3, 0.4) is 0 Å². The third kappa shape index (κ3) is 21.6. The number of hydrogen-bond donors (Lipinski definition) is 2. The minimum absolute atomic E-state index is 0.208. The van der Waals surface area contributed by atoms with Gasteiger partial charge in [-0.2, -0.15) is 0 Å². The Balaban J connectivity index is 4.22. The highest BCUT2D eigenvalue weighted by atomic mass is 31.2. The Morgan fingerprint density at radius 1 is 0.655 bits per heavy atom. The molecule has 0 aliphatic carbocycles. The Morgan fingerprint density at radius 3 is 1.52 bits per heavy atom. The van der Waals surface area contributed by atoms with E-state index >= 15 is 0 Å². The lowest BCUT2D eigenvalue weighted by Crippen LogP contribution is -2.24. The molecule has 0 amide bonds. The second kappa shape index (κ2) is 18.2. The standard InChI is InChI=1S/C21H46O6P2/c1-19(2)13-9-7-11-15-24-29(25-16-12-8-10-14-20(3)4)27-18-21(5,6)17-26-28(22)23/h19-20,22-23H,7-18H2,1-6H3. The van der Waals surface area contributed by atoms with Crippen molar-refractivity contribution in [2.24, 2.45) is 17.3 Å². The van der Waals surface area contributed by atoms with Crippen molar-refractivity contribution in [1.82, 2.24) is 0 Å². The molecular weight excluding hydrogens is 410 g/mol. The topological polar surface area (TPSA) is 77.4 Å². The van der Waals surface area contributed by atoms with Gasteiger partial charge in [0.2, 0.25) is 0 Å². The second-order valence-corrected chi connectivity index (χ2v) is 11.3. The molecule has 0 spiro atoms. The van der Waals surface area contributed by atoms with Gasteiger partial charge in [-0.3, -0.25) is 0 Å². The predicted molar refractivity (Wildman–Crippen MR) is 122 cm³/mol. The molecule has 0 heterocycles. The van der Waals surface area contributed by atoms with Crippen molar-refractivity contribution in [1.29, 1.82) is 0 Å². The molecule has 0 fully saturated rings. The van der Waals surface area contributed by atoms with Gasteiger partial charge in [-0.05, 0) is 24.7 Å². The van der Waals surface area contributed by atoms with Gasteiger partial charge in [0.25, 0.3) is 0 Å². The fraction of sp³-hybridized carbons (Fsp3) is 1.00. The van der Waals surface area contributed by atoms with Gasteiger partial charge in [-0.15, -0.1) is 0 Å². The maximum Gasteiger partial charge on any atom is 0.332 e.